The van der Waals surface area contributed by atoms with Gasteiger partial charge in [-0.2, -0.15) is 0 Å². The monoisotopic (exact) mass is 431 g/mol. The second-order valence-electron chi connectivity index (χ2n) is 6.00. The van der Waals surface area contributed by atoms with Crippen LogP contribution in [0.25, 0.3) is 0 Å². The Morgan fingerprint density at radius 3 is 1.87 bits per heavy atom. The van der Waals surface area contributed by atoms with Gasteiger partial charge in [0.05, 0.1) is 18.5 Å². The topological polar surface area (TPSA) is 29.1 Å². The first kappa shape index (κ1) is 23.5. The van der Waals surface area contributed by atoms with Crippen LogP contribution in [-0.2, 0) is 37.5 Å². The number of hydrogen-bond acceptors (Lipinski definition) is 1. The fourth-order valence-electron chi connectivity index (χ4n) is 3.47. The van der Waals surface area contributed by atoms with E-state index in [1.165, 1.54) is 0 Å². The zero-order valence-corrected chi connectivity index (χ0v) is 19.9. The summed E-state index contributed by atoms with van der Waals surface area (Å²) in [5, 5.41) is 3.92. The molecule has 1 amide bonds. The third-order valence-electron chi connectivity index (χ3n) is 4.99. The number of carbonyl (C=O) groups is 1. The van der Waals surface area contributed by atoms with Crippen molar-refractivity contribution >= 4 is 30.5 Å². The number of nitrogens with one attached hydrogen (secondary N) is 1. The van der Waals surface area contributed by atoms with E-state index in [9.17, 15) is 4.79 Å². The standard InChI is InChI=1S/C18H29ClNOP.Y/c1-7-16(22(8-2,9-3)10-4)18(21)20-17-13(5)11-15(19)12-14(17)6;/h11-12,16H,7-10H2,1-6H3;/p+1. The van der Waals surface area contributed by atoms with Crippen LogP contribution in [0.4, 0.5) is 5.69 Å². The van der Waals surface area contributed by atoms with Crippen molar-refractivity contribution in [2.75, 3.05) is 23.8 Å². The van der Waals surface area contributed by atoms with Crippen LogP contribution in [0.1, 0.15) is 45.2 Å². The van der Waals surface area contributed by atoms with Crippen LogP contribution in [0.3, 0.4) is 0 Å². The minimum absolute atomic E-state index is 0. The molecule has 5 heteroatoms. The molecule has 2 nitrogen and oxygen atoms in total. The first-order valence-corrected chi connectivity index (χ1v) is 11.1. The maximum Gasteiger partial charge on any atom is 0.265 e. The third kappa shape index (κ3) is 5.50. The molecule has 1 atom stereocenters. The van der Waals surface area contributed by atoms with Crippen molar-refractivity contribution in [3.05, 3.63) is 28.3 Å². The van der Waals surface area contributed by atoms with Gasteiger partial charge >= 0.3 is 0 Å². The fraction of sp³-hybridized carbons (Fsp3) is 0.611. The Morgan fingerprint density at radius 2 is 1.52 bits per heavy atom. The van der Waals surface area contributed by atoms with Gasteiger partial charge in [0.15, 0.2) is 0 Å². The van der Waals surface area contributed by atoms with Crippen molar-refractivity contribution in [1.82, 2.24) is 0 Å². The minimum atomic E-state index is -1.22. The summed E-state index contributed by atoms with van der Waals surface area (Å²) in [4.78, 5) is 12.9. The van der Waals surface area contributed by atoms with Crippen LogP contribution in [-0.4, -0.2) is 30.1 Å². The summed E-state index contributed by atoms with van der Waals surface area (Å²) < 4.78 is 0. The first-order chi connectivity index (χ1) is 10.3. The van der Waals surface area contributed by atoms with Gasteiger partial charge in [-0.25, -0.2) is 0 Å². The number of anilines is 1. The van der Waals surface area contributed by atoms with Crippen molar-refractivity contribution in [3.63, 3.8) is 0 Å². The van der Waals surface area contributed by atoms with Crippen LogP contribution < -0.4 is 5.32 Å². The molecule has 0 saturated heterocycles. The van der Waals surface area contributed by atoms with Crippen molar-refractivity contribution in [2.45, 2.75) is 53.6 Å². The summed E-state index contributed by atoms with van der Waals surface area (Å²) >= 11 is 6.08. The first-order valence-electron chi connectivity index (χ1n) is 8.28. The van der Waals surface area contributed by atoms with E-state index in [1.54, 1.807) is 0 Å². The van der Waals surface area contributed by atoms with Crippen LogP contribution >= 0.6 is 18.9 Å². The van der Waals surface area contributed by atoms with Gasteiger partial charge in [0.25, 0.3) is 5.91 Å². The van der Waals surface area contributed by atoms with Gasteiger partial charge in [-0.3, -0.25) is 4.79 Å². The number of halogens is 1. The number of rotatable bonds is 7. The van der Waals surface area contributed by atoms with Crippen LogP contribution in [0.2, 0.25) is 5.02 Å². The molecule has 0 aliphatic carbocycles. The maximum absolute atomic E-state index is 12.9. The number of hydrogen-bond donors (Lipinski definition) is 1. The molecule has 0 aromatic heterocycles. The Kier molecular flexibility index (Phi) is 10.7. The molecule has 0 spiro atoms. The van der Waals surface area contributed by atoms with E-state index in [4.69, 9.17) is 11.6 Å². The molecule has 1 aromatic carbocycles. The van der Waals surface area contributed by atoms with E-state index in [2.05, 4.69) is 33.0 Å². The van der Waals surface area contributed by atoms with Gasteiger partial charge in [0, 0.05) is 50.7 Å². The molecule has 127 valence electrons. The van der Waals surface area contributed by atoms with Gasteiger partial charge in [0.2, 0.25) is 0 Å². The zero-order chi connectivity index (χ0) is 16.9. The second kappa shape index (κ2) is 10.5. The molecular weight excluding hydrogens is 402 g/mol. The molecule has 1 unspecified atom stereocenters. The SMILES string of the molecule is CCC(C(=O)Nc1c(C)cc(Cl)cc1C)[P+](CC)(CC)CC.[Y]. The molecule has 1 N–H and O–H groups in total. The molecule has 0 aliphatic heterocycles. The third-order valence-corrected chi connectivity index (χ3v) is 10.9. The van der Waals surface area contributed by atoms with Gasteiger partial charge in [-0.05, 0) is 64.3 Å². The minimum Gasteiger partial charge on any atom is -0.322 e. The van der Waals surface area contributed by atoms with Gasteiger partial charge < -0.3 is 5.32 Å². The summed E-state index contributed by atoms with van der Waals surface area (Å²) in [6.45, 7) is 12.9. The molecule has 0 bridgehead atoms. The Hall–Kier alpha value is 0.514. The summed E-state index contributed by atoms with van der Waals surface area (Å²) in [6, 6.07) is 3.82. The number of carbonyl (C=O) groups excluding carboxylic acids is 1. The molecule has 1 aromatic rings. The largest absolute Gasteiger partial charge is 0.322 e. The molecule has 23 heavy (non-hydrogen) atoms. The molecule has 0 fully saturated rings. The van der Waals surface area contributed by atoms with Crippen LogP contribution in [0.5, 0.6) is 0 Å². The fourth-order valence-corrected chi connectivity index (χ4v) is 7.80. The van der Waals surface area contributed by atoms with E-state index >= 15 is 0 Å². The van der Waals surface area contributed by atoms with Crippen molar-refractivity contribution in [3.8, 4) is 0 Å². The zero-order valence-electron chi connectivity index (χ0n) is 15.4. The summed E-state index contributed by atoms with van der Waals surface area (Å²) in [5.74, 6) is 0.190. The number of benzene rings is 1. The van der Waals surface area contributed by atoms with E-state index in [0.29, 0.717) is 0 Å². The van der Waals surface area contributed by atoms with Crippen molar-refractivity contribution < 1.29 is 37.5 Å². The van der Waals surface area contributed by atoms with Gasteiger partial charge in [-0.1, -0.05) is 18.5 Å². The van der Waals surface area contributed by atoms with Crippen LogP contribution in [0.15, 0.2) is 12.1 Å². The molecule has 1 rings (SSSR count). The Balaban J connectivity index is 0.00000484. The average Bonchev–Trinajstić information content (AvgIpc) is 2.48. The maximum atomic E-state index is 12.9. The average molecular weight is 432 g/mol. The van der Waals surface area contributed by atoms with E-state index in [1.807, 2.05) is 26.0 Å². The number of amides is 1. The molecule has 1 radical (unpaired) electrons. The second-order valence-corrected chi connectivity index (χ2v) is 11.4. The van der Waals surface area contributed by atoms with E-state index < -0.39 is 7.26 Å². The van der Waals surface area contributed by atoms with Gasteiger partial charge in [0.1, 0.15) is 5.66 Å². The van der Waals surface area contributed by atoms with E-state index in [-0.39, 0.29) is 44.3 Å². The molecule has 0 aliphatic rings. The normalized spacial score (nSPS) is 12.5. The predicted molar refractivity (Wildman–Crippen MR) is 102 cm³/mol. The van der Waals surface area contributed by atoms with Gasteiger partial charge in [-0.15, -0.1) is 0 Å². The Bertz CT molecular complexity index is 500. The van der Waals surface area contributed by atoms with E-state index in [0.717, 1.165) is 46.7 Å². The number of aryl methyl sites for hydroxylation is 2. The smallest absolute Gasteiger partial charge is 0.265 e. The summed E-state index contributed by atoms with van der Waals surface area (Å²) in [7, 11) is -1.22. The molecular formula is C18H30ClNOPY+. The molecule has 0 saturated carbocycles. The summed E-state index contributed by atoms with van der Waals surface area (Å²) in [5.41, 5.74) is 3.14. The Labute approximate surface area is 172 Å². The van der Waals surface area contributed by atoms with Crippen LogP contribution in [0, 0.1) is 13.8 Å². The van der Waals surface area contributed by atoms with Crippen molar-refractivity contribution in [1.29, 1.82) is 0 Å². The quantitative estimate of drug-likeness (QED) is 0.547. The Morgan fingerprint density at radius 1 is 1.09 bits per heavy atom. The summed E-state index contributed by atoms with van der Waals surface area (Å²) in [6.07, 6.45) is 4.35. The molecule has 0 heterocycles. The van der Waals surface area contributed by atoms with Crippen molar-refractivity contribution in [2.24, 2.45) is 0 Å². The predicted octanol–water partition coefficient (Wildman–Crippen LogP) is 5.75.